The molecule has 0 atom stereocenters. The fourth-order valence-electron chi connectivity index (χ4n) is 1.82. The van der Waals surface area contributed by atoms with E-state index in [0.29, 0.717) is 5.92 Å². The van der Waals surface area contributed by atoms with Gasteiger partial charge in [0.2, 0.25) is 0 Å². The van der Waals surface area contributed by atoms with Crippen LogP contribution in [0.15, 0.2) is 47.1 Å². The van der Waals surface area contributed by atoms with E-state index in [-0.39, 0.29) is 0 Å². The Morgan fingerprint density at radius 2 is 1.94 bits per heavy atom. The van der Waals surface area contributed by atoms with Gasteiger partial charge in [0.05, 0.1) is 0 Å². The van der Waals surface area contributed by atoms with E-state index in [2.05, 4.69) is 56.1 Å². The molecule has 0 saturated heterocycles. The third-order valence-electron chi connectivity index (χ3n) is 2.49. The van der Waals surface area contributed by atoms with Crippen LogP contribution in [-0.2, 0) is 6.42 Å². The molecule has 0 N–H and O–H groups in total. The van der Waals surface area contributed by atoms with Crippen LogP contribution in [0.2, 0.25) is 0 Å². The first-order valence-corrected chi connectivity index (χ1v) is 6.45. The van der Waals surface area contributed by atoms with E-state index < -0.39 is 0 Å². The van der Waals surface area contributed by atoms with Crippen molar-refractivity contribution in [3.8, 4) is 0 Å². The SMILES string of the molecule is CC/C=N\C=C(\Cc1ccccc1)CC(C)C. The van der Waals surface area contributed by atoms with Crippen LogP contribution >= 0.6 is 0 Å². The Hall–Kier alpha value is -1.37. The predicted molar refractivity (Wildman–Crippen MR) is 76.5 cm³/mol. The Balaban J connectivity index is 2.70. The fraction of sp³-hybridized carbons (Fsp3) is 0.438. The molecule has 17 heavy (non-hydrogen) atoms. The van der Waals surface area contributed by atoms with Crippen molar-refractivity contribution in [2.24, 2.45) is 10.9 Å². The molecule has 0 fully saturated rings. The summed E-state index contributed by atoms with van der Waals surface area (Å²) in [5.41, 5.74) is 2.78. The topological polar surface area (TPSA) is 12.4 Å². The lowest BCUT2D eigenvalue weighted by molar-refractivity contribution is 0.632. The van der Waals surface area contributed by atoms with Gasteiger partial charge in [-0.2, -0.15) is 0 Å². The maximum Gasteiger partial charge on any atom is 0.0259 e. The second-order valence-corrected chi connectivity index (χ2v) is 4.79. The van der Waals surface area contributed by atoms with Gasteiger partial charge in [0.1, 0.15) is 0 Å². The molecule has 0 bridgehead atoms. The van der Waals surface area contributed by atoms with Crippen LogP contribution in [0.4, 0.5) is 0 Å². The first-order chi connectivity index (χ1) is 8.22. The van der Waals surface area contributed by atoms with Crippen molar-refractivity contribution < 1.29 is 0 Å². The van der Waals surface area contributed by atoms with Crippen molar-refractivity contribution in [2.75, 3.05) is 0 Å². The molecule has 1 aromatic carbocycles. The summed E-state index contributed by atoms with van der Waals surface area (Å²) in [5, 5.41) is 0. The summed E-state index contributed by atoms with van der Waals surface area (Å²) < 4.78 is 0. The minimum atomic E-state index is 0.682. The quantitative estimate of drug-likeness (QED) is 0.630. The lowest BCUT2D eigenvalue weighted by atomic mass is 9.97. The Morgan fingerprint density at radius 1 is 1.24 bits per heavy atom. The largest absolute Gasteiger partial charge is 0.269 e. The van der Waals surface area contributed by atoms with Crippen LogP contribution in [0.25, 0.3) is 0 Å². The van der Waals surface area contributed by atoms with Crippen LogP contribution < -0.4 is 0 Å². The van der Waals surface area contributed by atoms with Crippen LogP contribution in [0.5, 0.6) is 0 Å². The average Bonchev–Trinajstić information content (AvgIpc) is 2.30. The van der Waals surface area contributed by atoms with Gasteiger partial charge in [0.25, 0.3) is 0 Å². The Kier molecular flexibility index (Phi) is 6.31. The van der Waals surface area contributed by atoms with E-state index in [4.69, 9.17) is 0 Å². The molecule has 0 aromatic heterocycles. The Labute approximate surface area is 105 Å². The van der Waals surface area contributed by atoms with Crippen molar-refractivity contribution in [1.82, 2.24) is 0 Å². The predicted octanol–water partition coefficient (Wildman–Crippen LogP) is 4.64. The molecular weight excluding hydrogens is 206 g/mol. The maximum absolute atomic E-state index is 4.35. The smallest absolute Gasteiger partial charge is 0.0259 e. The van der Waals surface area contributed by atoms with Gasteiger partial charge in [0.15, 0.2) is 0 Å². The van der Waals surface area contributed by atoms with Gasteiger partial charge in [-0.15, -0.1) is 0 Å². The maximum atomic E-state index is 4.35. The lowest BCUT2D eigenvalue weighted by Gasteiger charge is -2.09. The van der Waals surface area contributed by atoms with Crippen LogP contribution in [-0.4, -0.2) is 6.21 Å². The van der Waals surface area contributed by atoms with E-state index in [0.717, 1.165) is 19.3 Å². The van der Waals surface area contributed by atoms with Gasteiger partial charge in [-0.3, -0.25) is 4.99 Å². The second-order valence-electron chi connectivity index (χ2n) is 4.79. The van der Waals surface area contributed by atoms with E-state index in [1.165, 1.54) is 11.1 Å². The van der Waals surface area contributed by atoms with E-state index >= 15 is 0 Å². The molecule has 0 radical (unpaired) electrons. The van der Waals surface area contributed by atoms with Gasteiger partial charge in [-0.1, -0.05) is 51.1 Å². The van der Waals surface area contributed by atoms with Crippen molar-refractivity contribution in [3.63, 3.8) is 0 Å². The molecule has 0 aliphatic heterocycles. The van der Waals surface area contributed by atoms with E-state index in [1.807, 2.05) is 12.4 Å². The monoisotopic (exact) mass is 229 g/mol. The van der Waals surface area contributed by atoms with Gasteiger partial charge < -0.3 is 0 Å². The Bertz CT molecular complexity index is 360. The summed E-state index contributed by atoms with van der Waals surface area (Å²) in [6.07, 6.45) is 7.13. The summed E-state index contributed by atoms with van der Waals surface area (Å²) in [6, 6.07) is 10.6. The van der Waals surface area contributed by atoms with Crippen molar-refractivity contribution in [2.45, 2.75) is 40.0 Å². The third-order valence-corrected chi connectivity index (χ3v) is 2.49. The highest BCUT2D eigenvalue weighted by Gasteiger charge is 2.02. The highest BCUT2D eigenvalue weighted by Crippen LogP contribution is 2.16. The fourth-order valence-corrected chi connectivity index (χ4v) is 1.82. The molecule has 1 heteroatoms. The minimum absolute atomic E-state index is 0.682. The van der Waals surface area contributed by atoms with Crippen LogP contribution in [0.3, 0.4) is 0 Å². The number of allylic oxidation sites excluding steroid dienone is 1. The summed E-state index contributed by atoms with van der Waals surface area (Å²) in [4.78, 5) is 4.35. The van der Waals surface area contributed by atoms with Gasteiger partial charge in [-0.25, -0.2) is 0 Å². The standard InChI is InChI=1S/C16H23N/c1-4-10-17-13-16(11-14(2)3)12-15-8-6-5-7-9-15/h5-10,13-14H,4,11-12H2,1-3H3/b16-13+,17-10-. The molecule has 0 amide bonds. The second kappa shape index (κ2) is 7.83. The van der Waals surface area contributed by atoms with Gasteiger partial charge >= 0.3 is 0 Å². The normalized spacial score (nSPS) is 12.6. The lowest BCUT2D eigenvalue weighted by Crippen LogP contribution is -1.96. The van der Waals surface area contributed by atoms with Crippen molar-refractivity contribution in [3.05, 3.63) is 47.7 Å². The van der Waals surface area contributed by atoms with Crippen LogP contribution in [0, 0.1) is 5.92 Å². The highest BCUT2D eigenvalue weighted by atomic mass is 14.7. The molecule has 0 saturated carbocycles. The molecule has 0 unspecified atom stereocenters. The van der Waals surface area contributed by atoms with E-state index in [9.17, 15) is 0 Å². The molecule has 1 rings (SSSR count). The first kappa shape index (κ1) is 13.7. The molecule has 1 aromatic rings. The zero-order valence-electron chi connectivity index (χ0n) is 11.2. The number of aliphatic imine (C=N–C) groups is 1. The molecule has 0 aliphatic carbocycles. The van der Waals surface area contributed by atoms with Gasteiger partial charge in [0, 0.05) is 12.4 Å². The van der Waals surface area contributed by atoms with E-state index in [1.54, 1.807) is 0 Å². The summed E-state index contributed by atoms with van der Waals surface area (Å²) in [7, 11) is 0. The number of hydrogen-bond acceptors (Lipinski definition) is 1. The summed E-state index contributed by atoms with van der Waals surface area (Å²) in [6.45, 7) is 6.61. The Morgan fingerprint density at radius 3 is 2.53 bits per heavy atom. The highest BCUT2D eigenvalue weighted by molar-refractivity contribution is 5.57. The zero-order chi connectivity index (χ0) is 12.5. The van der Waals surface area contributed by atoms with Crippen molar-refractivity contribution >= 4 is 6.21 Å². The minimum Gasteiger partial charge on any atom is -0.269 e. The average molecular weight is 229 g/mol. The molecule has 0 heterocycles. The summed E-state index contributed by atoms with van der Waals surface area (Å²) >= 11 is 0. The van der Waals surface area contributed by atoms with Gasteiger partial charge in [-0.05, 0) is 36.3 Å². The summed E-state index contributed by atoms with van der Waals surface area (Å²) in [5.74, 6) is 0.682. The molecule has 0 spiro atoms. The molecule has 1 nitrogen and oxygen atoms in total. The number of nitrogens with zero attached hydrogens (tertiary/aromatic N) is 1. The first-order valence-electron chi connectivity index (χ1n) is 6.45. The third kappa shape index (κ3) is 6.06. The molecule has 92 valence electrons. The molecule has 0 aliphatic rings. The number of benzene rings is 1. The number of rotatable bonds is 6. The van der Waals surface area contributed by atoms with Crippen molar-refractivity contribution in [1.29, 1.82) is 0 Å². The van der Waals surface area contributed by atoms with Crippen LogP contribution in [0.1, 0.15) is 39.2 Å². The zero-order valence-corrected chi connectivity index (χ0v) is 11.2. The number of hydrogen-bond donors (Lipinski definition) is 0. The molecular formula is C16H23N.